The molecule has 0 bridgehead atoms. The zero-order valence-corrected chi connectivity index (χ0v) is 24.5. The molecule has 0 spiro atoms. The number of thiazole rings is 1. The first-order chi connectivity index (χ1) is 19.7. The van der Waals surface area contributed by atoms with Crippen LogP contribution in [0.2, 0.25) is 0 Å². The van der Waals surface area contributed by atoms with Crippen molar-refractivity contribution in [1.29, 1.82) is 0 Å². The van der Waals surface area contributed by atoms with Gasteiger partial charge in [-0.1, -0.05) is 67.6 Å². The predicted octanol–water partition coefficient (Wildman–Crippen LogP) is 5.08. The number of fused-ring (bicyclic) bond motifs is 1. The Hall–Kier alpha value is -4.43. The predicted molar refractivity (Wildman–Crippen MR) is 161 cm³/mol. The fourth-order valence-electron chi connectivity index (χ4n) is 5.09. The van der Waals surface area contributed by atoms with E-state index in [0.29, 0.717) is 20.6 Å². The Balaban J connectivity index is 1.88. The molecule has 0 fully saturated rings. The van der Waals surface area contributed by atoms with Crippen molar-refractivity contribution in [2.45, 2.75) is 39.7 Å². The SMILES string of the molecule is CCOC(=O)C1=C(c2ccccc2)N=c2sc(=Cc3ccc(O)cc3)c(=O)n2C1c1cc(C(C)C)c(OC)cc1C. The standard InChI is InChI=1S/C33H32N2O5S/c1-6-40-32(38)28-29(22-10-8-7-9-11-22)34-33-35(31(37)27(41-33)17-21-12-14-23(36)15-13-21)30(28)25-18-24(19(2)3)26(39-5)16-20(25)4/h7-19,30,36H,6H2,1-5H3. The molecule has 1 aromatic heterocycles. The number of aryl methyl sites for hydroxylation is 1. The molecule has 2 heterocycles. The summed E-state index contributed by atoms with van der Waals surface area (Å²) in [5, 5.41) is 9.71. The molecule has 0 radical (unpaired) electrons. The number of phenols is 1. The molecular formula is C33H32N2O5S. The van der Waals surface area contributed by atoms with Crippen molar-refractivity contribution < 1.29 is 19.4 Å². The van der Waals surface area contributed by atoms with Gasteiger partial charge in [-0.2, -0.15) is 0 Å². The molecule has 4 aromatic rings. The summed E-state index contributed by atoms with van der Waals surface area (Å²) in [4.78, 5) is 33.3. The molecular weight excluding hydrogens is 536 g/mol. The van der Waals surface area contributed by atoms with Crippen LogP contribution in [-0.4, -0.2) is 29.4 Å². The number of aromatic nitrogens is 1. The summed E-state index contributed by atoms with van der Waals surface area (Å²) in [6, 6.07) is 19.4. The smallest absolute Gasteiger partial charge is 0.338 e. The minimum absolute atomic E-state index is 0.137. The number of aromatic hydroxyl groups is 1. The molecule has 1 aliphatic rings. The Labute approximate surface area is 242 Å². The van der Waals surface area contributed by atoms with E-state index in [-0.39, 0.29) is 23.8 Å². The minimum atomic E-state index is -0.772. The van der Waals surface area contributed by atoms with Gasteiger partial charge in [-0.15, -0.1) is 0 Å². The summed E-state index contributed by atoms with van der Waals surface area (Å²) >= 11 is 1.26. The van der Waals surface area contributed by atoms with Crippen LogP contribution < -0.4 is 19.6 Å². The highest BCUT2D eigenvalue weighted by Gasteiger charge is 2.36. The Morgan fingerprint density at radius 2 is 1.83 bits per heavy atom. The molecule has 0 saturated carbocycles. The van der Waals surface area contributed by atoms with E-state index in [9.17, 15) is 14.7 Å². The Kier molecular flexibility index (Phi) is 7.94. The van der Waals surface area contributed by atoms with E-state index in [2.05, 4.69) is 13.8 Å². The third-order valence-corrected chi connectivity index (χ3v) is 8.08. The van der Waals surface area contributed by atoms with Gasteiger partial charge >= 0.3 is 5.97 Å². The summed E-state index contributed by atoms with van der Waals surface area (Å²) in [7, 11) is 1.64. The van der Waals surface area contributed by atoms with Gasteiger partial charge in [-0.3, -0.25) is 9.36 Å². The second-order valence-corrected chi connectivity index (χ2v) is 11.1. The van der Waals surface area contributed by atoms with Crippen LogP contribution in [0.25, 0.3) is 11.8 Å². The average molecular weight is 569 g/mol. The van der Waals surface area contributed by atoms with Gasteiger partial charge in [-0.25, -0.2) is 9.79 Å². The molecule has 3 aromatic carbocycles. The first-order valence-electron chi connectivity index (χ1n) is 13.5. The molecule has 5 rings (SSSR count). The number of nitrogens with zero attached hydrogens (tertiary/aromatic N) is 2. The van der Waals surface area contributed by atoms with E-state index in [0.717, 1.165) is 33.6 Å². The van der Waals surface area contributed by atoms with E-state index in [4.69, 9.17) is 14.5 Å². The van der Waals surface area contributed by atoms with Gasteiger partial charge in [0.2, 0.25) is 0 Å². The lowest BCUT2D eigenvalue weighted by Gasteiger charge is -2.28. The second-order valence-electron chi connectivity index (χ2n) is 10.1. The highest BCUT2D eigenvalue weighted by atomic mass is 32.1. The number of carbonyl (C=O) groups is 1. The van der Waals surface area contributed by atoms with Gasteiger partial charge in [0.15, 0.2) is 4.80 Å². The van der Waals surface area contributed by atoms with Gasteiger partial charge in [0.05, 0.1) is 35.6 Å². The first kappa shape index (κ1) is 28.1. The highest BCUT2D eigenvalue weighted by Crippen LogP contribution is 2.39. The number of ether oxygens (including phenoxy) is 2. The van der Waals surface area contributed by atoms with Crippen LogP contribution in [0.1, 0.15) is 60.5 Å². The van der Waals surface area contributed by atoms with Crippen molar-refractivity contribution in [2.75, 3.05) is 13.7 Å². The van der Waals surface area contributed by atoms with Crippen LogP contribution in [-0.2, 0) is 9.53 Å². The van der Waals surface area contributed by atoms with Crippen molar-refractivity contribution in [2.24, 2.45) is 4.99 Å². The van der Waals surface area contributed by atoms with Crippen LogP contribution in [0.4, 0.5) is 0 Å². The fourth-order valence-corrected chi connectivity index (χ4v) is 6.10. The molecule has 41 heavy (non-hydrogen) atoms. The van der Waals surface area contributed by atoms with Crippen molar-refractivity contribution in [1.82, 2.24) is 4.57 Å². The number of hydrogen-bond acceptors (Lipinski definition) is 7. The lowest BCUT2D eigenvalue weighted by atomic mass is 9.87. The van der Waals surface area contributed by atoms with Crippen LogP contribution in [0, 0.1) is 6.92 Å². The van der Waals surface area contributed by atoms with Crippen LogP contribution in [0.15, 0.2) is 82.1 Å². The molecule has 210 valence electrons. The molecule has 0 saturated heterocycles. The van der Waals surface area contributed by atoms with Crippen molar-refractivity contribution >= 4 is 29.1 Å². The van der Waals surface area contributed by atoms with Gasteiger partial charge in [0, 0.05) is 5.56 Å². The summed E-state index contributed by atoms with van der Waals surface area (Å²) in [5.74, 6) is 0.518. The van der Waals surface area contributed by atoms with E-state index in [1.807, 2.05) is 49.4 Å². The van der Waals surface area contributed by atoms with Gasteiger partial charge < -0.3 is 14.6 Å². The molecule has 1 atom stereocenters. The van der Waals surface area contributed by atoms with E-state index in [1.165, 1.54) is 11.3 Å². The summed E-state index contributed by atoms with van der Waals surface area (Å²) in [6.07, 6.45) is 1.77. The van der Waals surface area contributed by atoms with Gasteiger partial charge in [0.1, 0.15) is 11.5 Å². The largest absolute Gasteiger partial charge is 0.508 e. The van der Waals surface area contributed by atoms with Gasteiger partial charge in [0.25, 0.3) is 5.56 Å². The van der Waals surface area contributed by atoms with Crippen molar-refractivity contribution in [3.8, 4) is 11.5 Å². The summed E-state index contributed by atoms with van der Waals surface area (Å²) in [5.41, 5.74) is 4.70. The topological polar surface area (TPSA) is 90.1 Å². The number of carbonyl (C=O) groups excluding carboxylic acids is 1. The monoisotopic (exact) mass is 568 g/mol. The molecule has 1 unspecified atom stereocenters. The summed E-state index contributed by atoms with van der Waals surface area (Å²) < 4.78 is 13.4. The molecule has 7 nitrogen and oxygen atoms in total. The number of rotatable bonds is 7. The maximum atomic E-state index is 14.1. The third kappa shape index (κ3) is 5.35. The van der Waals surface area contributed by atoms with E-state index >= 15 is 0 Å². The lowest BCUT2D eigenvalue weighted by Crippen LogP contribution is -2.40. The van der Waals surface area contributed by atoms with Crippen LogP contribution in [0.5, 0.6) is 11.5 Å². The fraction of sp³-hybridized carbons (Fsp3) is 0.242. The van der Waals surface area contributed by atoms with Gasteiger partial charge in [-0.05, 0) is 72.4 Å². The van der Waals surface area contributed by atoms with Crippen molar-refractivity contribution in [3.05, 3.63) is 120 Å². The number of esters is 1. The maximum absolute atomic E-state index is 14.1. The van der Waals surface area contributed by atoms with Crippen molar-refractivity contribution in [3.63, 3.8) is 0 Å². The Morgan fingerprint density at radius 3 is 2.46 bits per heavy atom. The average Bonchev–Trinajstić information content (AvgIpc) is 3.28. The lowest BCUT2D eigenvalue weighted by molar-refractivity contribution is -0.138. The maximum Gasteiger partial charge on any atom is 0.338 e. The molecule has 0 aliphatic carbocycles. The Bertz CT molecular complexity index is 1820. The number of phenolic OH excluding ortho intramolecular Hbond substituents is 1. The molecule has 8 heteroatoms. The first-order valence-corrected chi connectivity index (χ1v) is 14.3. The molecule has 1 aliphatic heterocycles. The zero-order chi connectivity index (χ0) is 29.3. The number of benzene rings is 3. The highest BCUT2D eigenvalue weighted by molar-refractivity contribution is 7.07. The second kappa shape index (κ2) is 11.6. The van der Waals surface area contributed by atoms with Crippen LogP contribution in [0.3, 0.4) is 0 Å². The summed E-state index contributed by atoms with van der Waals surface area (Å²) in [6.45, 7) is 8.06. The van der Waals surface area contributed by atoms with E-state index < -0.39 is 12.0 Å². The quantitative estimate of drug-likeness (QED) is 0.314. The minimum Gasteiger partial charge on any atom is -0.508 e. The molecule has 0 amide bonds. The number of hydrogen-bond donors (Lipinski definition) is 1. The number of methoxy groups -OCH3 is 1. The Morgan fingerprint density at radius 1 is 1.12 bits per heavy atom. The zero-order valence-electron chi connectivity index (χ0n) is 23.7. The third-order valence-electron chi connectivity index (χ3n) is 7.10. The van der Waals surface area contributed by atoms with Crippen LogP contribution >= 0.6 is 11.3 Å². The normalized spacial score (nSPS) is 15.1. The molecule has 1 N–H and O–H groups in total. The van der Waals surface area contributed by atoms with E-state index in [1.54, 1.807) is 48.9 Å².